The quantitative estimate of drug-likeness (QED) is 0.812. The first-order valence-corrected chi connectivity index (χ1v) is 6.95. The van der Waals surface area contributed by atoms with Crippen molar-refractivity contribution in [1.29, 1.82) is 5.26 Å². The van der Waals surface area contributed by atoms with Gasteiger partial charge >= 0.3 is 0 Å². The lowest BCUT2D eigenvalue weighted by Gasteiger charge is -2.26. The van der Waals surface area contributed by atoms with Gasteiger partial charge in [0, 0.05) is 17.6 Å². The molecule has 0 saturated heterocycles. The van der Waals surface area contributed by atoms with E-state index in [2.05, 4.69) is 23.1 Å². The topological polar surface area (TPSA) is 27.0 Å². The van der Waals surface area contributed by atoms with E-state index >= 15 is 0 Å². The molecule has 0 fully saturated rings. The molecule has 0 amide bonds. The van der Waals surface area contributed by atoms with Crippen molar-refractivity contribution in [3.8, 4) is 6.07 Å². The average molecular weight is 285 g/mol. The van der Waals surface area contributed by atoms with E-state index in [1.54, 1.807) is 0 Å². The van der Waals surface area contributed by atoms with Crippen LogP contribution in [0.3, 0.4) is 0 Å². The Bertz CT molecular complexity index is 572. The zero-order chi connectivity index (χ0) is 14.4. The van der Waals surface area contributed by atoms with Crippen molar-refractivity contribution in [1.82, 2.24) is 4.90 Å². The molecule has 0 aliphatic rings. The lowest BCUT2D eigenvalue weighted by Crippen LogP contribution is -2.24. The highest BCUT2D eigenvalue weighted by Crippen LogP contribution is 2.24. The third-order valence-electron chi connectivity index (χ3n) is 3.35. The second kappa shape index (κ2) is 7.09. The molecular formula is C17H17ClN2. The zero-order valence-corrected chi connectivity index (χ0v) is 12.2. The van der Waals surface area contributed by atoms with Crippen molar-refractivity contribution < 1.29 is 0 Å². The van der Waals surface area contributed by atoms with Crippen molar-refractivity contribution in [2.45, 2.75) is 19.0 Å². The van der Waals surface area contributed by atoms with E-state index in [0.29, 0.717) is 6.42 Å². The maximum atomic E-state index is 9.06. The van der Waals surface area contributed by atoms with Crippen LogP contribution in [0.15, 0.2) is 54.6 Å². The van der Waals surface area contributed by atoms with Gasteiger partial charge in [0.2, 0.25) is 0 Å². The second-order valence-electron chi connectivity index (χ2n) is 4.83. The van der Waals surface area contributed by atoms with Gasteiger partial charge in [-0.3, -0.25) is 4.90 Å². The van der Waals surface area contributed by atoms with Crippen LogP contribution in [0.2, 0.25) is 5.02 Å². The normalized spacial score (nSPS) is 12.1. The maximum Gasteiger partial charge on any atom is 0.0641 e. The highest BCUT2D eigenvalue weighted by molar-refractivity contribution is 6.30. The summed E-state index contributed by atoms with van der Waals surface area (Å²) in [6.07, 6.45) is 0.480. The minimum absolute atomic E-state index is 0.108. The highest BCUT2D eigenvalue weighted by Gasteiger charge is 2.16. The van der Waals surface area contributed by atoms with Gasteiger partial charge < -0.3 is 0 Å². The van der Waals surface area contributed by atoms with Crippen LogP contribution in [0.4, 0.5) is 0 Å². The summed E-state index contributed by atoms with van der Waals surface area (Å²) in [6.45, 7) is 0.790. The molecule has 2 rings (SSSR count). The van der Waals surface area contributed by atoms with Gasteiger partial charge in [-0.05, 0) is 30.3 Å². The van der Waals surface area contributed by atoms with Gasteiger partial charge in [0.25, 0.3) is 0 Å². The van der Waals surface area contributed by atoms with Gasteiger partial charge in [-0.25, -0.2) is 0 Å². The van der Waals surface area contributed by atoms with Crippen LogP contribution >= 0.6 is 11.6 Å². The molecular weight excluding hydrogens is 268 g/mol. The van der Waals surface area contributed by atoms with Crippen LogP contribution in [0, 0.1) is 11.3 Å². The Morgan fingerprint density at radius 2 is 1.75 bits per heavy atom. The Hall–Kier alpha value is -1.82. The van der Waals surface area contributed by atoms with Crippen LogP contribution in [-0.4, -0.2) is 11.9 Å². The summed E-state index contributed by atoms with van der Waals surface area (Å²) >= 11 is 5.90. The predicted molar refractivity (Wildman–Crippen MR) is 82.3 cm³/mol. The number of nitrogens with zero attached hydrogens (tertiary/aromatic N) is 2. The Balaban J connectivity index is 2.13. The maximum absolute atomic E-state index is 9.06. The summed E-state index contributed by atoms with van der Waals surface area (Å²) in [4.78, 5) is 2.20. The van der Waals surface area contributed by atoms with Gasteiger partial charge in [0.05, 0.1) is 12.5 Å². The number of nitriles is 1. The molecule has 0 spiro atoms. The molecule has 0 saturated carbocycles. The van der Waals surface area contributed by atoms with Crippen LogP contribution in [0.1, 0.15) is 23.6 Å². The molecule has 0 N–H and O–H groups in total. The fraction of sp³-hybridized carbons (Fsp3) is 0.235. The molecule has 0 bridgehead atoms. The molecule has 1 unspecified atom stereocenters. The molecule has 1 atom stereocenters. The molecule has 102 valence electrons. The fourth-order valence-corrected chi connectivity index (χ4v) is 2.40. The largest absolute Gasteiger partial charge is 0.294 e. The van der Waals surface area contributed by atoms with E-state index in [-0.39, 0.29) is 6.04 Å². The van der Waals surface area contributed by atoms with Crippen molar-refractivity contribution >= 4 is 11.6 Å². The van der Waals surface area contributed by atoms with E-state index < -0.39 is 0 Å². The summed E-state index contributed by atoms with van der Waals surface area (Å²) in [6, 6.07) is 20.4. The van der Waals surface area contributed by atoms with Gasteiger partial charge in [-0.15, -0.1) is 0 Å². The van der Waals surface area contributed by atoms with Crippen LogP contribution in [0.25, 0.3) is 0 Å². The number of benzene rings is 2. The minimum atomic E-state index is 0.108. The first-order chi connectivity index (χ1) is 9.70. The molecule has 2 aromatic carbocycles. The Kier molecular flexibility index (Phi) is 5.17. The van der Waals surface area contributed by atoms with Gasteiger partial charge in [-0.1, -0.05) is 54.1 Å². The number of hydrogen-bond acceptors (Lipinski definition) is 2. The Morgan fingerprint density at radius 1 is 1.10 bits per heavy atom. The lowest BCUT2D eigenvalue weighted by atomic mass is 10.0. The molecule has 3 heteroatoms. The average Bonchev–Trinajstić information content (AvgIpc) is 2.48. The summed E-state index contributed by atoms with van der Waals surface area (Å²) in [5.41, 5.74) is 2.36. The molecule has 2 nitrogen and oxygen atoms in total. The summed E-state index contributed by atoms with van der Waals surface area (Å²) in [5.74, 6) is 0. The SMILES string of the molecule is CN(Cc1ccc(Cl)cc1)C(CC#N)c1ccccc1. The molecule has 0 aliphatic heterocycles. The minimum Gasteiger partial charge on any atom is -0.294 e. The molecule has 20 heavy (non-hydrogen) atoms. The second-order valence-corrected chi connectivity index (χ2v) is 5.27. The first kappa shape index (κ1) is 14.6. The van der Waals surface area contributed by atoms with E-state index in [4.69, 9.17) is 16.9 Å². The van der Waals surface area contributed by atoms with E-state index in [9.17, 15) is 0 Å². The molecule has 0 heterocycles. The molecule has 2 aromatic rings. The highest BCUT2D eigenvalue weighted by atomic mass is 35.5. The van der Waals surface area contributed by atoms with Gasteiger partial charge in [0.15, 0.2) is 0 Å². The van der Waals surface area contributed by atoms with Crippen molar-refractivity contribution in [2.24, 2.45) is 0 Å². The van der Waals surface area contributed by atoms with Gasteiger partial charge in [-0.2, -0.15) is 5.26 Å². The molecule has 0 aromatic heterocycles. The van der Waals surface area contributed by atoms with Gasteiger partial charge in [0.1, 0.15) is 0 Å². The van der Waals surface area contributed by atoms with Crippen LogP contribution < -0.4 is 0 Å². The number of rotatable bonds is 5. The van der Waals surface area contributed by atoms with E-state index in [1.807, 2.05) is 49.5 Å². The predicted octanol–water partition coefficient (Wildman–Crippen LogP) is 4.43. The Labute approximate surface area is 125 Å². The van der Waals surface area contributed by atoms with Crippen LogP contribution in [0.5, 0.6) is 0 Å². The lowest BCUT2D eigenvalue weighted by molar-refractivity contribution is 0.239. The monoisotopic (exact) mass is 284 g/mol. The summed E-state index contributed by atoms with van der Waals surface area (Å²) in [5, 5.41) is 9.80. The molecule has 0 aliphatic carbocycles. The van der Waals surface area contributed by atoms with Crippen molar-refractivity contribution in [3.05, 3.63) is 70.7 Å². The number of hydrogen-bond donors (Lipinski definition) is 0. The van der Waals surface area contributed by atoms with Crippen molar-refractivity contribution in [3.63, 3.8) is 0 Å². The molecule has 0 radical (unpaired) electrons. The van der Waals surface area contributed by atoms with E-state index in [0.717, 1.165) is 11.6 Å². The summed E-state index contributed by atoms with van der Waals surface area (Å²) < 4.78 is 0. The van der Waals surface area contributed by atoms with Crippen LogP contribution in [-0.2, 0) is 6.54 Å². The standard InChI is InChI=1S/C17H17ClN2/c1-20(13-14-7-9-16(18)10-8-14)17(11-12-19)15-5-3-2-4-6-15/h2-10,17H,11,13H2,1H3. The number of halogens is 1. The smallest absolute Gasteiger partial charge is 0.0641 e. The third-order valence-corrected chi connectivity index (χ3v) is 3.60. The van der Waals surface area contributed by atoms with Crippen molar-refractivity contribution in [2.75, 3.05) is 7.05 Å². The third kappa shape index (κ3) is 3.84. The summed E-state index contributed by atoms with van der Waals surface area (Å²) in [7, 11) is 2.05. The zero-order valence-electron chi connectivity index (χ0n) is 11.5. The Morgan fingerprint density at radius 3 is 2.35 bits per heavy atom. The fourth-order valence-electron chi connectivity index (χ4n) is 2.28. The first-order valence-electron chi connectivity index (χ1n) is 6.57. The van der Waals surface area contributed by atoms with E-state index in [1.165, 1.54) is 11.1 Å².